The van der Waals surface area contributed by atoms with E-state index in [9.17, 15) is 14.9 Å². The Labute approximate surface area is 133 Å². The van der Waals surface area contributed by atoms with Crippen molar-refractivity contribution < 1.29 is 9.72 Å². The molecular weight excluding hydrogens is 385 g/mol. The number of hydrogen-bond acceptors (Lipinski definition) is 4. The molecule has 0 heterocycles. The van der Waals surface area contributed by atoms with Gasteiger partial charge in [-0.15, -0.1) is 0 Å². The first-order valence-corrected chi connectivity index (χ1v) is 6.84. The molecule has 1 N–H and O–H groups in total. The van der Waals surface area contributed by atoms with Crippen molar-refractivity contribution in [2.24, 2.45) is 0 Å². The van der Waals surface area contributed by atoms with Crippen molar-refractivity contribution in [3.63, 3.8) is 0 Å². The number of nitrogens with zero attached hydrogens (tertiary/aromatic N) is 2. The maximum Gasteiger partial charge on any atom is 0.270 e. The van der Waals surface area contributed by atoms with Crippen LogP contribution in [0.25, 0.3) is 0 Å². The average molecular weight is 393 g/mol. The minimum absolute atomic E-state index is 0.147. The van der Waals surface area contributed by atoms with Gasteiger partial charge in [-0.25, -0.2) is 0 Å². The van der Waals surface area contributed by atoms with Crippen LogP contribution in [0.3, 0.4) is 0 Å². The summed E-state index contributed by atoms with van der Waals surface area (Å²) in [4.78, 5) is 22.4. The third-order valence-electron chi connectivity index (χ3n) is 2.65. The maximum atomic E-state index is 12.2. The number of non-ortho nitro benzene ring substituents is 1. The molecule has 2 rings (SSSR count). The monoisotopic (exact) mass is 393 g/mol. The van der Waals surface area contributed by atoms with Crippen molar-refractivity contribution >= 4 is 39.9 Å². The van der Waals surface area contributed by atoms with Gasteiger partial charge in [-0.3, -0.25) is 14.9 Å². The van der Waals surface area contributed by atoms with E-state index >= 15 is 0 Å². The van der Waals surface area contributed by atoms with Crippen LogP contribution in [0.5, 0.6) is 0 Å². The fraction of sp³-hybridized carbons (Fsp3) is 0. The molecule has 6 nitrogen and oxygen atoms in total. The zero-order valence-electron chi connectivity index (χ0n) is 10.5. The number of anilines is 1. The molecule has 2 aromatic carbocycles. The van der Waals surface area contributed by atoms with Crippen molar-refractivity contribution in [2.75, 3.05) is 5.32 Å². The molecule has 0 unspecified atom stereocenters. The smallest absolute Gasteiger partial charge is 0.270 e. The second-order valence-corrected chi connectivity index (χ2v) is 5.23. The van der Waals surface area contributed by atoms with Gasteiger partial charge >= 0.3 is 0 Å². The topological polar surface area (TPSA) is 96.0 Å². The SMILES string of the molecule is N#Cc1cccc(NC(=O)c2cc([N+](=O)[O-])ccc2I)c1. The molecule has 0 fully saturated rings. The van der Waals surface area contributed by atoms with Gasteiger partial charge in [-0.1, -0.05) is 6.07 Å². The lowest BCUT2D eigenvalue weighted by Gasteiger charge is -2.07. The lowest BCUT2D eigenvalue weighted by atomic mass is 10.1. The van der Waals surface area contributed by atoms with E-state index in [4.69, 9.17) is 5.26 Å². The standard InChI is InChI=1S/C14H8IN3O3/c15-13-5-4-11(18(20)21)7-12(13)14(19)17-10-3-1-2-9(6-10)8-16/h1-7H,(H,17,19). The molecule has 0 atom stereocenters. The van der Waals surface area contributed by atoms with Gasteiger partial charge in [0.25, 0.3) is 11.6 Å². The summed E-state index contributed by atoms with van der Waals surface area (Å²) in [5.74, 6) is -0.460. The number of nitrogens with one attached hydrogen (secondary N) is 1. The van der Waals surface area contributed by atoms with Gasteiger partial charge in [0, 0.05) is 21.4 Å². The quantitative estimate of drug-likeness (QED) is 0.492. The van der Waals surface area contributed by atoms with Gasteiger partial charge in [0.05, 0.1) is 22.1 Å². The van der Waals surface area contributed by atoms with Crippen LogP contribution in [0.15, 0.2) is 42.5 Å². The Morgan fingerprint density at radius 1 is 1.29 bits per heavy atom. The molecule has 0 saturated heterocycles. The largest absolute Gasteiger partial charge is 0.322 e. The van der Waals surface area contributed by atoms with Crippen molar-refractivity contribution in [3.8, 4) is 6.07 Å². The van der Waals surface area contributed by atoms with Crippen LogP contribution in [0.4, 0.5) is 11.4 Å². The number of carbonyl (C=O) groups excluding carboxylic acids is 1. The minimum atomic E-state index is -0.552. The van der Waals surface area contributed by atoms with Crippen LogP contribution in [-0.2, 0) is 0 Å². The van der Waals surface area contributed by atoms with Crippen molar-refractivity contribution in [1.29, 1.82) is 5.26 Å². The number of nitro benzene ring substituents is 1. The summed E-state index contributed by atoms with van der Waals surface area (Å²) >= 11 is 1.94. The Balaban J connectivity index is 2.30. The summed E-state index contributed by atoms with van der Waals surface area (Å²) in [7, 11) is 0. The predicted octanol–water partition coefficient (Wildman–Crippen LogP) is 3.32. The van der Waals surface area contributed by atoms with Crippen LogP contribution in [-0.4, -0.2) is 10.8 Å². The molecule has 21 heavy (non-hydrogen) atoms. The van der Waals surface area contributed by atoms with Gasteiger partial charge in [0.1, 0.15) is 0 Å². The Kier molecular flexibility index (Phi) is 4.49. The highest BCUT2D eigenvalue weighted by Gasteiger charge is 2.15. The molecule has 0 radical (unpaired) electrons. The molecule has 0 aliphatic rings. The molecule has 2 aromatic rings. The summed E-state index contributed by atoms with van der Waals surface area (Å²) in [5.41, 5.74) is 0.946. The number of carbonyl (C=O) groups is 1. The van der Waals surface area contributed by atoms with E-state index in [-0.39, 0.29) is 11.3 Å². The second-order valence-electron chi connectivity index (χ2n) is 4.07. The molecule has 0 aliphatic heterocycles. The number of rotatable bonds is 3. The van der Waals surface area contributed by atoms with E-state index in [0.29, 0.717) is 14.8 Å². The van der Waals surface area contributed by atoms with Crippen LogP contribution in [0.2, 0.25) is 0 Å². The summed E-state index contributed by atoms with van der Waals surface area (Å²) in [6.07, 6.45) is 0. The van der Waals surface area contributed by atoms with Crippen LogP contribution < -0.4 is 5.32 Å². The highest BCUT2D eigenvalue weighted by Crippen LogP contribution is 2.21. The van der Waals surface area contributed by atoms with E-state index in [2.05, 4.69) is 5.32 Å². The molecule has 104 valence electrons. The van der Waals surface area contributed by atoms with Gasteiger partial charge < -0.3 is 5.32 Å². The minimum Gasteiger partial charge on any atom is -0.322 e. The maximum absolute atomic E-state index is 12.2. The third kappa shape index (κ3) is 3.55. The Bertz CT molecular complexity index is 768. The van der Waals surface area contributed by atoms with Gasteiger partial charge in [-0.05, 0) is 46.9 Å². The Hall–Kier alpha value is -2.47. The van der Waals surface area contributed by atoms with Crippen molar-refractivity contribution in [2.45, 2.75) is 0 Å². The van der Waals surface area contributed by atoms with E-state index in [0.717, 1.165) is 0 Å². The van der Waals surface area contributed by atoms with Gasteiger partial charge in [0.15, 0.2) is 0 Å². The van der Waals surface area contributed by atoms with Crippen molar-refractivity contribution in [1.82, 2.24) is 0 Å². The predicted molar refractivity (Wildman–Crippen MR) is 84.9 cm³/mol. The fourth-order valence-electron chi connectivity index (χ4n) is 1.67. The average Bonchev–Trinajstić information content (AvgIpc) is 2.47. The molecule has 7 heteroatoms. The van der Waals surface area contributed by atoms with E-state index in [1.165, 1.54) is 24.3 Å². The highest BCUT2D eigenvalue weighted by molar-refractivity contribution is 14.1. The lowest BCUT2D eigenvalue weighted by Crippen LogP contribution is -2.13. The number of hydrogen-bond donors (Lipinski definition) is 1. The molecule has 0 aromatic heterocycles. The zero-order chi connectivity index (χ0) is 15.4. The highest BCUT2D eigenvalue weighted by atomic mass is 127. The van der Waals surface area contributed by atoms with Crippen molar-refractivity contribution in [3.05, 3.63) is 67.3 Å². The number of halogens is 1. The van der Waals surface area contributed by atoms with Crippen LogP contribution >= 0.6 is 22.6 Å². The lowest BCUT2D eigenvalue weighted by molar-refractivity contribution is -0.384. The second kappa shape index (κ2) is 6.32. The Morgan fingerprint density at radius 3 is 2.71 bits per heavy atom. The molecule has 0 aliphatic carbocycles. The van der Waals surface area contributed by atoms with E-state index in [1.54, 1.807) is 18.2 Å². The van der Waals surface area contributed by atoms with Gasteiger partial charge in [0.2, 0.25) is 0 Å². The summed E-state index contributed by atoms with van der Waals surface area (Å²) in [6.45, 7) is 0. The summed E-state index contributed by atoms with van der Waals surface area (Å²) in [5, 5.41) is 22.2. The summed E-state index contributed by atoms with van der Waals surface area (Å²) < 4.78 is 0.604. The first-order valence-electron chi connectivity index (χ1n) is 5.76. The number of amides is 1. The third-order valence-corrected chi connectivity index (χ3v) is 3.60. The van der Waals surface area contributed by atoms with Crippen LogP contribution in [0, 0.1) is 25.0 Å². The molecule has 0 spiro atoms. The number of nitriles is 1. The normalized spacial score (nSPS) is 9.71. The molecular formula is C14H8IN3O3. The number of nitro groups is 1. The van der Waals surface area contributed by atoms with Crippen LogP contribution in [0.1, 0.15) is 15.9 Å². The zero-order valence-corrected chi connectivity index (χ0v) is 12.7. The molecule has 0 bridgehead atoms. The molecule has 1 amide bonds. The molecule has 0 saturated carbocycles. The van der Waals surface area contributed by atoms with E-state index < -0.39 is 10.8 Å². The van der Waals surface area contributed by atoms with Gasteiger partial charge in [-0.2, -0.15) is 5.26 Å². The first kappa shape index (κ1) is 14.9. The Morgan fingerprint density at radius 2 is 2.05 bits per heavy atom. The number of benzene rings is 2. The summed E-state index contributed by atoms with van der Waals surface area (Å²) in [6, 6.07) is 12.5. The fourth-order valence-corrected chi connectivity index (χ4v) is 2.25. The first-order chi connectivity index (χ1) is 10.0. The van der Waals surface area contributed by atoms with E-state index in [1.807, 2.05) is 28.7 Å².